The molecule has 0 radical (unpaired) electrons. The molecule has 108 valence electrons. The fourth-order valence-corrected chi connectivity index (χ4v) is 3.83. The van der Waals surface area contributed by atoms with E-state index in [9.17, 15) is 13.5 Å². The van der Waals surface area contributed by atoms with Crippen LogP contribution in [0.5, 0.6) is 0 Å². The second kappa shape index (κ2) is 6.45. The topological polar surface area (TPSA) is 79.3 Å². The number of hydrogen-bond acceptors (Lipinski definition) is 5. The molecule has 1 aromatic carbocycles. The summed E-state index contributed by atoms with van der Waals surface area (Å²) in [7, 11) is -3.62. The molecule has 0 bridgehead atoms. The minimum atomic E-state index is -3.62. The maximum atomic E-state index is 12.2. The van der Waals surface area contributed by atoms with E-state index in [4.69, 9.17) is 0 Å². The Hall–Kier alpha value is -1.28. The first kappa shape index (κ1) is 15.1. The molecule has 1 heterocycles. The van der Waals surface area contributed by atoms with Crippen molar-refractivity contribution in [3.63, 3.8) is 0 Å². The summed E-state index contributed by atoms with van der Waals surface area (Å²) >= 11 is 1.50. The van der Waals surface area contributed by atoms with Crippen LogP contribution in [0.4, 0.5) is 0 Å². The van der Waals surface area contributed by atoms with Crippen LogP contribution in [0.3, 0.4) is 0 Å². The molecule has 5 nitrogen and oxygen atoms in total. The van der Waals surface area contributed by atoms with E-state index in [0.29, 0.717) is 5.56 Å². The maximum Gasteiger partial charge on any atom is 0.240 e. The van der Waals surface area contributed by atoms with Gasteiger partial charge in [0.1, 0.15) is 0 Å². The predicted molar refractivity (Wildman–Crippen MR) is 78.1 cm³/mol. The van der Waals surface area contributed by atoms with E-state index in [1.165, 1.54) is 17.4 Å². The molecule has 7 heteroatoms. The molecule has 0 aliphatic rings. The molecular weight excluding hydrogens is 296 g/mol. The van der Waals surface area contributed by atoms with Gasteiger partial charge in [-0.25, -0.2) is 18.1 Å². The van der Waals surface area contributed by atoms with Crippen molar-refractivity contribution >= 4 is 21.4 Å². The second-order valence-corrected chi connectivity index (χ2v) is 7.05. The molecule has 0 spiro atoms. The van der Waals surface area contributed by atoms with E-state index < -0.39 is 10.0 Å². The molecule has 2 rings (SSSR count). The normalized spacial score (nSPS) is 13.3. The van der Waals surface area contributed by atoms with E-state index in [1.54, 1.807) is 24.4 Å². The molecule has 1 aromatic heterocycles. The number of thiazole rings is 1. The second-order valence-electron chi connectivity index (χ2n) is 4.39. The lowest BCUT2D eigenvalue weighted by Gasteiger charge is -2.12. The highest BCUT2D eigenvalue weighted by atomic mass is 32.2. The highest BCUT2D eigenvalue weighted by Crippen LogP contribution is 2.19. The van der Waals surface area contributed by atoms with Crippen molar-refractivity contribution in [1.82, 2.24) is 9.71 Å². The summed E-state index contributed by atoms with van der Waals surface area (Å²) in [4.78, 5) is 4.29. The molecule has 0 amide bonds. The molecule has 0 saturated heterocycles. The molecule has 2 N–H and O–H groups in total. The molecule has 0 aliphatic carbocycles. The SMILES string of the molecule is CC(CNS(=O)(=O)c1ccccc1CO)c1nccs1. The highest BCUT2D eigenvalue weighted by Gasteiger charge is 2.19. The number of benzene rings is 1. The monoisotopic (exact) mass is 312 g/mol. The summed E-state index contributed by atoms with van der Waals surface area (Å²) in [5.41, 5.74) is 0.391. The van der Waals surface area contributed by atoms with Crippen LogP contribution < -0.4 is 4.72 Å². The van der Waals surface area contributed by atoms with E-state index in [1.807, 2.05) is 12.3 Å². The number of aliphatic hydroxyl groups excluding tert-OH is 1. The van der Waals surface area contributed by atoms with Gasteiger partial charge in [0.25, 0.3) is 0 Å². The van der Waals surface area contributed by atoms with Crippen molar-refractivity contribution in [2.45, 2.75) is 24.3 Å². The molecule has 0 aliphatic heterocycles. The van der Waals surface area contributed by atoms with Gasteiger partial charge in [0.2, 0.25) is 10.0 Å². The third-order valence-electron chi connectivity index (χ3n) is 2.89. The Morgan fingerprint density at radius 1 is 1.40 bits per heavy atom. The smallest absolute Gasteiger partial charge is 0.240 e. The highest BCUT2D eigenvalue weighted by molar-refractivity contribution is 7.89. The number of sulfonamides is 1. The quantitative estimate of drug-likeness (QED) is 0.851. The van der Waals surface area contributed by atoms with Gasteiger partial charge in [-0.15, -0.1) is 11.3 Å². The van der Waals surface area contributed by atoms with Crippen LogP contribution in [-0.2, 0) is 16.6 Å². The van der Waals surface area contributed by atoms with Crippen LogP contribution in [-0.4, -0.2) is 25.1 Å². The first-order valence-electron chi connectivity index (χ1n) is 6.12. The van der Waals surface area contributed by atoms with Crippen LogP contribution in [0.2, 0.25) is 0 Å². The molecule has 1 unspecified atom stereocenters. The molecule has 2 aromatic rings. The van der Waals surface area contributed by atoms with Crippen molar-refractivity contribution in [3.05, 3.63) is 46.4 Å². The lowest BCUT2D eigenvalue weighted by atomic mass is 10.2. The van der Waals surface area contributed by atoms with E-state index >= 15 is 0 Å². The number of aliphatic hydroxyl groups is 1. The van der Waals surface area contributed by atoms with Crippen LogP contribution in [0.15, 0.2) is 40.7 Å². The Kier molecular flexibility index (Phi) is 4.87. The maximum absolute atomic E-state index is 12.2. The Balaban J connectivity index is 2.12. The number of aromatic nitrogens is 1. The van der Waals surface area contributed by atoms with Gasteiger partial charge in [-0.05, 0) is 11.6 Å². The van der Waals surface area contributed by atoms with Crippen LogP contribution >= 0.6 is 11.3 Å². The Bertz CT molecular complexity index is 654. The largest absolute Gasteiger partial charge is 0.392 e. The first-order chi connectivity index (χ1) is 9.54. The summed E-state index contributed by atoms with van der Waals surface area (Å²) in [6.45, 7) is 1.88. The molecule has 0 fully saturated rings. The van der Waals surface area contributed by atoms with Crippen molar-refractivity contribution in [2.24, 2.45) is 0 Å². The van der Waals surface area contributed by atoms with Crippen LogP contribution in [0.1, 0.15) is 23.4 Å². The minimum Gasteiger partial charge on any atom is -0.392 e. The van der Waals surface area contributed by atoms with Gasteiger partial charge in [-0.2, -0.15) is 0 Å². The minimum absolute atomic E-state index is 0.00561. The standard InChI is InChI=1S/C13H16N2O3S2/c1-10(13-14-6-7-19-13)8-15-20(17,18)12-5-3-2-4-11(12)9-16/h2-7,10,15-16H,8-9H2,1H3. The van der Waals surface area contributed by atoms with Gasteiger partial charge in [0, 0.05) is 24.0 Å². The van der Waals surface area contributed by atoms with Gasteiger partial charge in [-0.3, -0.25) is 0 Å². The summed E-state index contributed by atoms with van der Waals surface area (Å²) in [5.74, 6) is 0.00561. The zero-order valence-corrected chi connectivity index (χ0v) is 12.6. The Morgan fingerprint density at radius 2 is 2.15 bits per heavy atom. The zero-order valence-electron chi connectivity index (χ0n) is 11.0. The summed E-state index contributed by atoms with van der Waals surface area (Å²) in [5, 5.41) is 12.0. The van der Waals surface area contributed by atoms with Gasteiger partial charge < -0.3 is 5.11 Å². The fraction of sp³-hybridized carbons (Fsp3) is 0.308. The van der Waals surface area contributed by atoms with Crippen LogP contribution in [0.25, 0.3) is 0 Å². The molecule has 1 atom stereocenters. The molecular formula is C13H16N2O3S2. The Labute approximate surface area is 122 Å². The summed E-state index contributed by atoms with van der Waals surface area (Å²) < 4.78 is 27.1. The average Bonchev–Trinajstić information content (AvgIpc) is 2.99. The third-order valence-corrected chi connectivity index (χ3v) is 5.42. The average molecular weight is 312 g/mol. The van der Waals surface area contributed by atoms with Crippen LogP contribution in [0, 0.1) is 0 Å². The third kappa shape index (κ3) is 3.43. The molecule has 0 saturated carbocycles. The van der Waals surface area contributed by atoms with Crippen molar-refractivity contribution in [3.8, 4) is 0 Å². The molecule has 20 heavy (non-hydrogen) atoms. The fourth-order valence-electron chi connectivity index (χ4n) is 1.77. The van der Waals surface area contributed by atoms with E-state index in [-0.39, 0.29) is 24.0 Å². The lowest BCUT2D eigenvalue weighted by Crippen LogP contribution is -2.28. The number of nitrogens with one attached hydrogen (secondary N) is 1. The number of rotatable bonds is 6. The predicted octanol–water partition coefficient (Wildman–Crippen LogP) is 1.72. The van der Waals surface area contributed by atoms with Gasteiger partial charge in [0.05, 0.1) is 16.5 Å². The first-order valence-corrected chi connectivity index (χ1v) is 8.48. The van der Waals surface area contributed by atoms with Crippen molar-refractivity contribution < 1.29 is 13.5 Å². The van der Waals surface area contributed by atoms with Crippen molar-refractivity contribution in [2.75, 3.05) is 6.54 Å². The summed E-state index contributed by atoms with van der Waals surface area (Å²) in [6.07, 6.45) is 1.70. The zero-order chi connectivity index (χ0) is 14.6. The number of hydrogen-bond donors (Lipinski definition) is 2. The van der Waals surface area contributed by atoms with Gasteiger partial charge in [-0.1, -0.05) is 25.1 Å². The lowest BCUT2D eigenvalue weighted by molar-refractivity contribution is 0.278. The van der Waals surface area contributed by atoms with Gasteiger partial charge in [0.15, 0.2) is 0 Å². The van der Waals surface area contributed by atoms with Gasteiger partial charge >= 0.3 is 0 Å². The van der Waals surface area contributed by atoms with E-state index in [2.05, 4.69) is 9.71 Å². The number of nitrogens with zero attached hydrogens (tertiary/aromatic N) is 1. The van der Waals surface area contributed by atoms with E-state index in [0.717, 1.165) is 5.01 Å². The van der Waals surface area contributed by atoms with Crippen molar-refractivity contribution in [1.29, 1.82) is 0 Å². The summed E-state index contributed by atoms with van der Waals surface area (Å²) in [6, 6.07) is 6.42. The Morgan fingerprint density at radius 3 is 2.80 bits per heavy atom.